The first-order valence-electron chi connectivity index (χ1n) is 19.7. The predicted molar refractivity (Wildman–Crippen MR) is 241 cm³/mol. The van der Waals surface area contributed by atoms with Crippen molar-refractivity contribution in [2.75, 3.05) is 0 Å². The monoisotopic (exact) mass is 737 g/mol. The second kappa shape index (κ2) is 11.8. The predicted octanol–water partition coefficient (Wildman–Crippen LogP) is 13.5. The minimum Gasteiger partial charge on any atom is -0.307 e. The second-order valence-electron chi connectivity index (χ2n) is 15.2. The van der Waals surface area contributed by atoms with Crippen LogP contribution in [-0.4, -0.2) is 23.8 Å². The molecule has 4 heterocycles. The molecular weight excluding hydrogens is 707 g/mol. The number of rotatable bonds is 3. The third-order valence-corrected chi connectivity index (χ3v) is 12.0. The summed E-state index contributed by atoms with van der Waals surface area (Å²) in [5, 5.41) is 12.0. The zero-order valence-corrected chi connectivity index (χ0v) is 31.1. The van der Waals surface area contributed by atoms with E-state index < -0.39 is 0 Å². The van der Waals surface area contributed by atoms with Crippen LogP contribution < -0.4 is 0 Å². The number of hydrogen-bond donors (Lipinski definition) is 0. The lowest BCUT2D eigenvalue weighted by atomic mass is 9.98. The molecule has 0 saturated heterocycles. The van der Waals surface area contributed by atoms with E-state index in [1.165, 1.54) is 54.1 Å². The normalized spacial score (nSPS) is 12.1. The molecule has 0 aliphatic heterocycles. The van der Waals surface area contributed by atoms with E-state index in [9.17, 15) is 0 Å². The molecule has 0 bridgehead atoms. The van der Waals surface area contributed by atoms with Crippen molar-refractivity contribution in [1.29, 1.82) is 0 Å². The molecule has 5 nitrogen and oxygen atoms in total. The van der Waals surface area contributed by atoms with Gasteiger partial charge < -0.3 is 8.80 Å². The van der Waals surface area contributed by atoms with Crippen LogP contribution in [0.25, 0.3) is 121 Å². The summed E-state index contributed by atoms with van der Waals surface area (Å²) < 4.78 is 5.02. The van der Waals surface area contributed by atoms with Crippen LogP contribution in [0.4, 0.5) is 0 Å². The van der Waals surface area contributed by atoms with E-state index in [-0.39, 0.29) is 0 Å². The maximum Gasteiger partial charge on any atom is 0.164 e. The Bertz CT molecular complexity index is 3790. The smallest absolute Gasteiger partial charge is 0.164 e. The van der Waals surface area contributed by atoms with Gasteiger partial charge >= 0.3 is 0 Å². The molecule has 0 aliphatic rings. The van der Waals surface area contributed by atoms with Gasteiger partial charge in [-0.05, 0) is 64.0 Å². The highest BCUT2D eigenvalue weighted by molar-refractivity contribution is 6.31. The van der Waals surface area contributed by atoms with E-state index in [4.69, 9.17) is 15.0 Å². The molecular formula is C53H31N5. The minimum atomic E-state index is 0.636. The summed E-state index contributed by atoms with van der Waals surface area (Å²) in [6.45, 7) is 0. The number of benzene rings is 9. The van der Waals surface area contributed by atoms with Gasteiger partial charge in [-0.1, -0.05) is 146 Å². The van der Waals surface area contributed by atoms with Crippen molar-refractivity contribution in [3.05, 3.63) is 188 Å². The molecule has 268 valence electrons. The summed E-state index contributed by atoms with van der Waals surface area (Å²) >= 11 is 0. The van der Waals surface area contributed by atoms with Crippen LogP contribution in [0.2, 0.25) is 0 Å². The fourth-order valence-corrected chi connectivity index (χ4v) is 9.55. The molecule has 0 saturated carbocycles. The standard InChI is InChI=1S/C53H31N5/c1-3-15-32(16-4-1)51-54-52(33-17-5-2-6-18-33)56-53(55-51)40-27-28-45-50-48(40)39-24-12-14-26-44(39)58(50)46-31-35-20-8-7-19-34(35)29-41(46)42-30-36-21-9-10-22-37(36)47-38-23-11-13-25-43(38)57(45)49(42)47/h1-31H. The number of aromatic nitrogens is 5. The van der Waals surface area contributed by atoms with Crippen LogP contribution in [0.3, 0.4) is 0 Å². The second-order valence-corrected chi connectivity index (χ2v) is 15.2. The fourth-order valence-electron chi connectivity index (χ4n) is 9.55. The van der Waals surface area contributed by atoms with E-state index >= 15 is 0 Å². The van der Waals surface area contributed by atoms with Crippen molar-refractivity contribution in [3.8, 4) is 34.2 Å². The summed E-state index contributed by atoms with van der Waals surface area (Å²) in [4.78, 5) is 15.6. The molecule has 9 aromatic carbocycles. The summed E-state index contributed by atoms with van der Waals surface area (Å²) in [5.41, 5.74) is 9.71. The number of nitrogens with zero attached hydrogens (tertiary/aromatic N) is 5. The van der Waals surface area contributed by atoms with Gasteiger partial charge in [-0.15, -0.1) is 0 Å². The zero-order chi connectivity index (χ0) is 37.9. The summed E-state index contributed by atoms with van der Waals surface area (Å²) in [5.74, 6) is 1.92. The first-order valence-corrected chi connectivity index (χ1v) is 19.7. The Labute approximate surface area is 331 Å². The Morgan fingerprint density at radius 2 is 0.793 bits per heavy atom. The SMILES string of the molecule is c1ccc(-c2nc(-c3ccccc3)nc(-c3ccc4c5c3c3ccccc3n5c3cc5ccccc5cc3c3cc5ccccc5c5c6ccccc6n4c35)n2)cc1. The Morgan fingerprint density at radius 1 is 0.293 bits per heavy atom. The lowest BCUT2D eigenvalue weighted by molar-refractivity contribution is 1.08. The molecule has 0 amide bonds. The van der Waals surface area contributed by atoms with E-state index in [0.717, 1.165) is 49.5 Å². The van der Waals surface area contributed by atoms with Crippen LogP contribution in [0.1, 0.15) is 0 Å². The molecule has 0 spiro atoms. The van der Waals surface area contributed by atoms with Gasteiger partial charge in [0.2, 0.25) is 0 Å². The molecule has 5 heteroatoms. The van der Waals surface area contributed by atoms with Gasteiger partial charge in [0.05, 0.1) is 33.1 Å². The maximum atomic E-state index is 5.28. The summed E-state index contributed by atoms with van der Waals surface area (Å²) in [6, 6.07) is 67.4. The quantitative estimate of drug-likeness (QED) is 0.181. The largest absolute Gasteiger partial charge is 0.307 e. The highest BCUT2D eigenvalue weighted by Crippen LogP contribution is 2.45. The number of fused-ring (bicyclic) bond motifs is 13. The first-order chi connectivity index (χ1) is 28.8. The van der Waals surface area contributed by atoms with E-state index in [2.05, 4.69) is 160 Å². The molecule has 0 aliphatic carbocycles. The summed E-state index contributed by atoms with van der Waals surface area (Å²) in [6.07, 6.45) is 0. The molecule has 0 fully saturated rings. The molecule has 58 heavy (non-hydrogen) atoms. The van der Waals surface area contributed by atoms with Crippen molar-refractivity contribution in [2.24, 2.45) is 0 Å². The van der Waals surface area contributed by atoms with E-state index in [1.54, 1.807) is 0 Å². The Balaban J connectivity index is 1.31. The average Bonchev–Trinajstić information content (AvgIpc) is 3.82. The van der Waals surface area contributed by atoms with E-state index in [1.807, 2.05) is 36.4 Å². The van der Waals surface area contributed by atoms with Crippen LogP contribution in [-0.2, 0) is 0 Å². The third kappa shape index (κ3) is 4.33. The van der Waals surface area contributed by atoms with Gasteiger partial charge in [-0.2, -0.15) is 0 Å². The number of para-hydroxylation sites is 2. The average molecular weight is 738 g/mol. The topological polar surface area (TPSA) is 47.5 Å². The van der Waals surface area contributed by atoms with Gasteiger partial charge in [0.25, 0.3) is 0 Å². The van der Waals surface area contributed by atoms with Crippen LogP contribution in [0.5, 0.6) is 0 Å². The van der Waals surface area contributed by atoms with Gasteiger partial charge in [0, 0.05) is 49.0 Å². The lowest BCUT2D eigenvalue weighted by Crippen LogP contribution is -2.01. The molecule has 4 aromatic heterocycles. The Kier molecular flexibility index (Phi) is 6.38. The Morgan fingerprint density at radius 3 is 1.47 bits per heavy atom. The Hall–Kier alpha value is -7.89. The first kappa shape index (κ1) is 31.3. The third-order valence-electron chi connectivity index (χ3n) is 12.0. The van der Waals surface area contributed by atoms with Gasteiger partial charge in [-0.3, -0.25) is 0 Å². The van der Waals surface area contributed by atoms with Crippen LogP contribution >= 0.6 is 0 Å². The lowest BCUT2D eigenvalue weighted by Gasteiger charge is -2.14. The fraction of sp³-hybridized carbons (Fsp3) is 0. The highest BCUT2D eigenvalue weighted by atomic mass is 15.0. The molecule has 13 rings (SSSR count). The van der Waals surface area contributed by atoms with Gasteiger partial charge in [-0.25, -0.2) is 15.0 Å². The van der Waals surface area contributed by atoms with Crippen molar-refractivity contribution >= 4 is 87.0 Å². The molecule has 0 unspecified atom stereocenters. The van der Waals surface area contributed by atoms with Crippen LogP contribution in [0, 0.1) is 0 Å². The highest BCUT2D eigenvalue weighted by Gasteiger charge is 2.24. The maximum absolute atomic E-state index is 5.28. The van der Waals surface area contributed by atoms with Crippen LogP contribution in [0.15, 0.2) is 188 Å². The van der Waals surface area contributed by atoms with Crippen molar-refractivity contribution < 1.29 is 0 Å². The molecule has 0 atom stereocenters. The van der Waals surface area contributed by atoms with Crippen molar-refractivity contribution in [1.82, 2.24) is 23.8 Å². The van der Waals surface area contributed by atoms with Gasteiger partial charge in [0.1, 0.15) is 0 Å². The summed E-state index contributed by atoms with van der Waals surface area (Å²) in [7, 11) is 0. The van der Waals surface area contributed by atoms with Gasteiger partial charge in [0.15, 0.2) is 17.5 Å². The van der Waals surface area contributed by atoms with E-state index in [0.29, 0.717) is 17.5 Å². The molecule has 13 aromatic rings. The molecule has 0 radical (unpaired) electrons. The zero-order valence-electron chi connectivity index (χ0n) is 31.1. The number of hydrogen-bond acceptors (Lipinski definition) is 3. The minimum absolute atomic E-state index is 0.636. The van der Waals surface area contributed by atoms with Crippen molar-refractivity contribution in [2.45, 2.75) is 0 Å². The molecule has 0 N–H and O–H groups in total. The van der Waals surface area contributed by atoms with Crippen molar-refractivity contribution in [3.63, 3.8) is 0 Å².